The second-order valence-electron chi connectivity index (χ2n) is 4.04. The topological polar surface area (TPSA) is 33.4 Å². The Kier molecular flexibility index (Phi) is 2.71. The van der Waals surface area contributed by atoms with Crippen molar-refractivity contribution < 1.29 is 9.52 Å². The van der Waals surface area contributed by atoms with Crippen LogP contribution < -0.4 is 0 Å². The minimum Gasteiger partial charge on any atom is -0.472 e. The fraction of sp³-hybridized carbons (Fsp3) is 0.143. The van der Waals surface area contributed by atoms with Crippen LogP contribution in [0.2, 0.25) is 0 Å². The number of aliphatic hydroxyl groups excluding tert-OH is 1. The highest BCUT2D eigenvalue weighted by Crippen LogP contribution is 2.31. The summed E-state index contributed by atoms with van der Waals surface area (Å²) < 4.78 is 6.23. The molecule has 1 N–H and O–H groups in total. The van der Waals surface area contributed by atoms with E-state index in [2.05, 4.69) is 12.1 Å². The van der Waals surface area contributed by atoms with Gasteiger partial charge in [-0.25, -0.2) is 0 Å². The van der Waals surface area contributed by atoms with E-state index in [-0.39, 0.29) is 0 Å². The zero-order valence-electron chi connectivity index (χ0n) is 9.17. The third-order valence-corrected chi connectivity index (χ3v) is 3.86. The number of fused-ring (bicyclic) bond motifs is 1. The average molecular weight is 244 g/mol. The maximum atomic E-state index is 10.2. The smallest absolute Gasteiger partial charge is 0.0935 e. The Labute approximate surface area is 103 Å². The lowest BCUT2D eigenvalue weighted by molar-refractivity contribution is 0.180. The molecule has 0 radical (unpaired) electrons. The summed E-state index contributed by atoms with van der Waals surface area (Å²) in [7, 11) is 0. The van der Waals surface area contributed by atoms with Crippen LogP contribution in [0.5, 0.6) is 0 Å². The van der Waals surface area contributed by atoms with Crippen molar-refractivity contribution in [1.29, 1.82) is 0 Å². The minimum absolute atomic E-state index is 0.469. The molecule has 1 atom stereocenters. The zero-order valence-corrected chi connectivity index (χ0v) is 9.98. The van der Waals surface area contributed by atoms with Crippen molar-refractivity contribution in [3.05, 3.63) is 59.4 Å². The lowest BCUT2D eigenvalue weighted by Gasteiger charge is -2.08. The first-order valence-corrected chi connectivity index (χ1v) is 6.38. The Balaban J connectivity index is 1.93. The summed E-state index contributed by atoms with van der Waals surface area (Å²) in [6.45, 7) is 0. The van der Waals surface area contributed by atoms with Crippen molar-refractivity contribution in [1.82, 2.24) is 0 Å². The molecule has 0 amide bonds. The van der Waals surface area contributed by atoms with E-state index < -0.39 is 6.10 Å². The van der Waals surface area contributed by atoms with Gasteiger partial charge in [-0.3, -0.25) is 0 Å². The van der Waals surface area contributed by atoms with Crippen molar-refractivity contribution in [2.45, 2.75) is 12.5 Å². The van der Waals surface area contributed by atoms with Gasteiger partial charge in [0, 0.05) is 11.1 Å². The van der Waals surface area contributed by atoms with Gasteiger partial charge in [-0.2, -0.15) is 0 Å². The summed E-state index contributed by atoms with van der Waals surface area (Å²) in [5, 5.41) is 13.4. The molecule has 3 heteroatoms. The normalized spacial score (nSPS) is 13.0. The van der Waals surface area contributed by atoms with Crippen LogP contribution in [0.25, 0.3) is 10.1 Å². The number of furan rings is 1. The van der Waals surface area contributed by atoms with Crippen LogP contribution in [0.1, 0.15) is 17.2 Å². The van der Waals surface area contributed by atoms with Gasteiger partial charge in [-0.05, 0) is 34.0 Å². The number of aliphatic hydroxyl groups is 1. The molecule has 0 fully saturated rings. The molecule has 3 aromatic rings. The molecule has 0 saturated heterocycles. The molecule has 2 aromatic heterocycles. The number of hydrogen-bond donors (Lipinski definition) is 1. The molecule has 0 aliphatic rings. The number of hydrogen-bond acceptors (Lipinski definition) is 3. The third-order valence-electron chi connectivity index (χ3n) is 2.88. The molecular weight excluding hydrogens is 232 g/mol. The van der Waals surface area contributed by atoms with Crippen molar-refractivity contribution in [2.24, 2.45) is 0 Å². The molecule has 3 rings (SSSR count). The van der Waals surface area contributed by atoms with Crippen molar-refractivity contribution in [3.63, 3.8) is 0 Å². The van der Waals surface area contributed by atoms with Gasteiger partial charge in [-0.15, -0.1) is 11.3 Å². The Morgan fingerprint density at radius 2 is 2.12 bits per heavy atom. The van der Waals surface area contributed by atoms with Crippen LogP contribution in [-0.4, -0.2) is 5.11 Å². The molecule has 1 aromatic carbocycles. The maximum absolute atomic E-state index is 10.2. The highest BCUT2D eigenvalue weighted by Gasteiger charge is 2.13. The first kappa shape index (κ1) is 10.6. The van der Waals surface area contributed by atoms with E-state index in [9.17, 15) is 5.11 Å². The highest BCUT2D eigenvalue weighted by atomic mass is 32.1. The molecule has 0 aliphatic carbocycles. The van der Waals surface area contributed by atoms with E-state index in [1.165, 1.54) is 4.70 Å². The predicted octanol–water partition coefficient (Wildman–Crippen LogP) is 3.77. The van der Waals surface area contributed by atoms with Gasteiger partial charge in [0.2, 0.25) is 0 Å². The van der Waals surface area contributed by atoms with Gasteiger partial charge < -0.3 is 9.52 Å². The first-order valence-electron chi connectivity index (χ1n) is 5.50. The number of rotatable bonds is 3. The summed E-state index contributed by atoms with van der Waals surface area (Å²) in [6.07, 6.45) is 3.44. The van der Waals surface area contributed by atoms with Crippen molar-refractivity contribution in [3.8, 4) is 0 Å². The molecule has 0 aliphatic heterocycles. The van der Waals surface area contributed by atoms with E-state index in [0.717, 1.165) is 16.5 Å². The molecule has 1 unspecified atom stereocenters. The van der Waals surface area contributed by atoms with Crippen LogP contribution in [0.4, 0.5) is 0 Å². The Hall–Kier alpha value is -1.58. The molecule has 17 heavy (non-hydrogen) atoms. The van der Waals surface area contributed by atoms with Gasteiger partial charge in [0.25, 0.3) is 0 Å². The van der Waals surface area contributed by atoms with Gasteiger partial charge in [0.1, 0.15) is 0 Å². The van der Waals surface area contributed by atoms with E-state index in [4.69, 9.17) is 4.42 Å². The molecule has 2 heterocycles. The second-order valence-corrected chi connectivity index (χ2v) is 4.95. The Morgan fingerprint density at radius 3 is 2.94 bits per heavy atom. The lowest BCUT2D eigenvalue weighted by atomic mass is 10.0. The van der Waals surface area contributed by atoms with E-state index in [1.54, 1.807) is 23.9 Å². The van der Waals surface area contributed by atoms with E-state index in [1.807, 2.05) is 23.6 Å². The third kappa shape index (κ3) is 1.99. The fourth-order valence-electron chi connectivity index (χ4n) is 2.00. The van der Waals surface area contributed by atoms with Crippen LogP contribution in [0.3, 0.4) is 0 Å². The van der Waals surface area contributed by atoms with Crippen molar-refractivity contribution in [2.75, 3.05) is 0 Å². The fourth-order valence-corrected chi connectivity index (χ4v) is 3.01. The summed E-state index contributed by atoms with van der Waals surface area (Å²) in [5.74, 6) is 0. The average Bonchev–Trinajstić information content (AvgIpc) is 2.96. The molecule has 0 spiro atoms. The Morgan fingerprint density at radius 1 is 1.24 bits per heavy atom. The van der Waals surface area contributed by atoms with E-state index in [0.29, 0.717) is 6.42 Å². The second kappa shape index (κ2) is 4.35. The van der Waals surface area contributed by atoms with Gasteiger partial charge in [-0.1, -0.05) is 18.2 Å². The number of benzene rings is 1. The predicted molar refractivity (Wildman–Crippen MR) is 69.2 cm³/mol. The summed E-state index contributed by atoms with van der Waals surface area (Å²) in [6, 6.07) is 10.0. The minimum atomic E-state index is -0.469. The Bertz CT molecular complexity index is 610. The van der Waals surface area contributed by atoms with Gasteiger partial charge in [0.15, 0.2) is 0 Å². The lowest BCUT2D eigenvalue weighted by Crippen LogP contribution is -1.99. The first-order chi connectivity index (χ1) is 8.34. The van der Waals surface area contributed by atoms with Crippen LogP contribution in [0.15, 0.2) is 52.7 Å². The molecule has 86 valence electrons. The summed E-state index contributed by atoms with van der Waals surface area (Å²) >= 11 is 1.67. The van der Waals surface area contributed by atoms with Crippen LogP contribution in [-0.2, 0) is 6.42 Å². The summed E-state index contributed by atoms with van der Waals surface area (Å²) in [4.78, 5) is 0. The molecule has 0 bridgehead atoms. The highest BCUT2D eigenvalue weighted by molar-refractivity contribution is 7.17. The van der Waals surface area contributed by atoms with E-state index >= 15 is 0 Å². The standard InChI is InChI=1S/C14H12O2S/c15-13(7-10-5-6-16-8-10)12-9-17-14-4-2-1-3-11(12)14/h1-6,8-9,13,15H,7H2. The van der Waals surface area contributed by atoms with Gasteiger partial charge >= 0.3 is 0 Å². The van der Waals surface area contributed by atoms with Crippen molar-refractivity contribution >= 4 is 21.4 Å². The number of thiophene rings is 1. The van der Waals surface area contributed by atoms with Crippen LogP contribution in [0, 0.1) is 0 Å². The molecule has 2 nitrogen and oxygen atoms in total. The summed E-state index contributed by atoms with van der Waals surface area (Å²) in [5.41, 5.74) is 2.03. The van der Waals surface area contributed by atoms with Crippen LogP contribution >= 0.6 is 11.3 Å². The zero-order chi connectivity index (χ0) is 11.7. The molecule has 0 saturated carbocycles. The maximum Gasteiger partial charge on any atom is 0.0935 e. The monoisotopic (exact) mass is 244 g/mol. The largest absolute Gasteiger partial charge is 0.472 e. The quantitative estimate of drug-likeness (QED) is 0.760. The van der Waals surface area contributed by atoms with Gasteiger partial charge in [0.05, 0.1) is 18.6 Å². The molecular formula is C14H12O2S. The SMILES string of the molecule is OC(Cc1ccoc1)c1csc2ccccc12.